The van der Waals surface area contributed by atoms with E-state index in [0.29, 0.717) is 18.1 Å². The molecule has 1 amide bonds. The number of anilines is 2. The molecule has 0 fully saturated rings. The van der Waals surface area contributed by atoms with Crippen LogP contribution in [0.3, 0.4) is 0 Å². The second-order valence-corrected chi connectivity index (χ2v) is 6.19. The van der Waals surface area contributed by atoms with Crippen LogP contribution in [-0.4, -0.2) is 20.4 Å². The van der Waals surface area contributed by atoms with Crippen molar-refractivity contribution in [3.63, 3.8) is 0 Å². The van der Waals surface area contributed by atoms with Crippen molar-refractivity contribution in [1.82, 2.24) is 14.5 Å². The zero-order chi connectivity index (χ0) is 18.6. The molecular weight excluding hydrogens is 338 g/mol. The predicted molar refractivity (Wildman–Crippen MR) is 107 cm³/mol. The van der Waals surface area contributed by atoms with Crippen LogP contribution >= 0.6 is 0 Å². The third-order valence-electron chi connectivity index (χ3n) is 4.42. The fourth-order valence-corrected chi connectivity index (χ4v) is 2.96. The molecule has 0 aliphatic rings. The maximum absolute atomic E-state index is 12.9. The minimum atomic E-state index is -0.203. The Bertz CT molecular complexity index is 1090. The predicted octanol–water partition coefficient (Wildman–Crippen LogP) is 3.83. The number of carbonyl (C=O) groups excluding carboxylic acids is 1. The molecule has 0 radical (unpaired) electrons. The summed E-state index contributed by atoms with van der Waals surface area (Å²) < 4.78 is 1.88. The number of hydrogen-bond acceptors (Lipinski definition) is 4. The summed E-state index contributed by atoms with van der Waals surface area (Å²) in [6.07, 6.45) is 3.50. The first-order valence-electron chi connectivity index (χ1n) is 8.67. The monoisotopic (exact) mass is 357 g/mol. The van der Waals surface area contributed by atoms with E-state index < -0.39 is 0 Å². The largest absolute Gasteiger partial charge is 0.380 e. The molecule has 0 aliphatic carbocycles. The third kappa shape index (κ3) is 3.50. The Kier molecular flexibility index (Phi) is 4.53. The fraction of sp³-hybridized carbons (Fsp3) is 0.0952. The van der Waals surface area contributed by atoms with E-state index in [0.717, 1.165) is 22.3 Å². The number of imidazole rings is 1. The lowest BCUT2D eigenvalue weighted by molar-refractivity contribution is 0.102. The fourth-order valence-electron chi connectivity index (χ4n) is 2.96. The van der Waals surface area contributed by atoms with Crippen molar-refractivity contribution in [3.8, 4) is 0 Å². The van der Waals surface area contributed by atoms with Crippen LogP contribution < -0.4 is 10.6 Å². The Balaban J connectivity index is 1.55. The number of pyridine rings is 1. The molecule has 2 N–H and O–H groups in total. The first-order valence-corrected chi connectivity index (χ1v) is 8.67. The highest BCUT2D eigenvalue weighted by Crippen LogP contribution is 2.21. The molecule has 0 atom stereocenters. The maximum atomic E-state index is 12.9. The molecule has 6 nitrogen and oxygen atoms in total. The van der Waals surface area contributed by atoms with Gasteiger partial charge in [0.2, 0.25) is 5.95 Å². The number of aryl methyl sites for hydroxylation is 1. The molecule has 0 saturated heterocycles. The van der Waals surface area contributed by atoms with Crippen LogP contribution in [0, 0.1) is 0 Å². The van der Waals surface area contributed by atoms with Gasteiger partial charge in [0.25, 0.3) is 5.91 Å². The topological polar surface area (TPSA) is 71.8 Å². The number of aromatic nitrogens is 3. The highest BCUT2D eigenvalue weighted by molar-refractivity contribution is 6.07. The van der Waals surface area contributed by atoms with Crippen molar-refractivity contribution >= 4 is 28.6 Å². The highest BCUT2D eigenvalue weighted by atomic mass is 16.1. The molecule has 2 heterocycles. The van der Waals surface area contributed by atoms with E-state index in [9.17, 15) is 4.79 Å². The number of para-hydroxylation sites is 3. The highest BCUT2D eigenvalue weighted by Gasteiger charge is 2.15. The molecule has 0 bridgehead atoms. The SMILES string of the molecule is Cn1c(NC(=O)c2ccccc2NCc2ccncc2)nc2ccccc21. The van der Waals surface area contributed by atoms with Crippen LogP contribution in [0.5, 0.6) is 0 Å². The van der Waals surface area contributed by atoms with Gasteiger partial charge in [-0.25, -0.2) is 4.98 Å². The summed E-state index contributed by atoms with van der Waals surface area (Å²) in [5.74, 6) is 0.316. The van der Waals surface area contributed by atoms with E-state index in [1.54, 1.807) is 18.5 Å². The molecule has 2 aromatic heterocycles. The van der Waals surface area contributed by atoms with Crippen molar-refractivity contribution < 1.29 is 4.79 Å². The first kappa shape index (κ1) is 16.8. The Labute approximate surface area is 156 Å². The zero-order valence-corrected chi connectivity index (χ0v) is 14.9. The van der Waals surface area contributed by atoms with Gasteiger partial charge in [0.05, 0.1) is 16.6 Å². The Hall–Kier alpha value is -3.67. The minimum Gasteiger partial charge on any atom is -0.380 e. The molecule has 0 unspecified atom stereocenters. The second kappa shape index (κ2) is 7.29. The van der Waals surface area contributed by atoms with E-state index in [4.69, 9.17) is 0 Å². The first-order chi connectivity index (χ1) is 13.2. The number of fused-ring (bicyclic) bond motifs is 1. The van der Waals surface area contributed by atoms with Gasteiger partial charge in [-0.3, -0.25) is 15.1 Å². The lowest BCUT2D eigenvalue weighted by atomic mass is 10.1. The molecule has 4 aromatic rings. The van der Waals surface area contributed by atoms with Crippen molar-refractivity contribution in [3.05, 3.63) is 84.2 Å². The van der Waals surface area contributed by atoms with Crippen LogP contribution in [0.15, 0.2) is 73.1 Å². The Morgan fingerprint density at radius 3 is 2.56 bits per heavy atom. The average Bonchev–Trinajstić information content (AvgIpc) is 3.03. The quantitative estimate of drug-likeness (QED) is 0.569. The molecule has 134 valence electrons. The van der Waals surface area contributed by atoms with Gasteiger partial charge in [-0.2, -0.15) is 0 Å². The van der Waals surface area contributed by atoms with Crippen molar-refractivity contribution in [2.75, 3.05) is 10.6 Å². The molecule has 0 spiro atoms. The van der Waals surface area contributed by atoms with Crippen molar-refractivity contribution in [2.24, 2.45) is 7.05 Å². The molecular formula is C21H19N5O. The molecule has 6 heteroatoms. The zero-order valence-electron chi connectivity index (χ0n) is 14.9. The maximum Gasteiger partial charge on any atom is 0.260 e. The van der Waals surface area contributed by atoms with Gasteiger partial charge >= 0.3 is 0 Å². The molecule has 2 aromatic carbocycles. The number of amides is 1. The Morgan fingerprint density at radius 2 is 1.74 bits per heavy atom. The third-order valence-corrected chi connectivity index (χ3v) is 4.42. The summed E-state index contributed by atoms with van der Waals surface area (Å²) in [4.78, 5) is 21.4. The summed E-state index contributed by atoms with van der Waals surface area (Å²) in [7, 11) is 1.89. The number of rotatable bonds is 5. The van der Waals surface area contributed by atoms with E-state index >= 15 is 0 Å². The van der Waals surface area contributed by atoms with Crippen LogP contribution in [-0.2, 0) is 13.6 Å². The lowest BCUT2D eigenvalue weighted by Gasteiger charge is -2.12. The van der Waals surface area contributed by atoms with Crippen LogP contribution in [0.1, 0.15) is 15.9 Å². The lowest BCUT2D eigenvalue weighted by Crippen LogP contribution is -2.17. The summed E-state index contributed by atoms with van der Waals surface area (Å²) in [6.45, 7) is 0.610. The number of benzene rings is 2. The normalized spacial score (nSPS) is 10.7. The second-order valence-electron chi connectivity index (χ2n) is 6.19. The summed E-state index contributed by atoms with van der Waals surface area (Å²) in [6, 6.07) is 19.1. The van der Waals surface area contributed by atoms with E-state index in [2.05, 4.69) is 20.6 Å². The summed E-state index contributed by atoms with van der Waals surface area (Å²) in [5, 5.41) is 6.24. The Morgan fingerprint density at radius 1 is 1.00 bits per heavy atom. The van der Waals surface area contributed by atoms with Gasteiger partial charge in [-0.05, 0) is 42.0 Å². The molecule has 4 rings (SSSR count). The van der Waals surface area contributed by atoms with Crippen LogP contribution in [0.2, 0.25) is 0 Å². The van der Waals surface area contributed by atoms with Crippen LogP contribution in [0.4, 0.5) is 11.6 Å². The van der Waals surface area contributed by atoms with E-state index in [1.807, 2.05) is 66.2 Å². The smallest absolute Gasteiger partial charge is 0.260 e. The minimum absolute atomic E-state index is 0.203. The van der Waals surface area contributed by atoms with Crippen molar-refractivity contribution in [1.29, 1.82) is 0 Å². The van der Waals surface area contributed by atoms with Gasteiger partial charge in [0, 0.05) is 31.7 Å². The molecule has 0 saturated carbocycles. The number of carbonyl (C=O) groups is 1. The van der Waals surface area contributed by atoms with Gasteiger partial charge in [0.15, 0.2) is 0 Å². The summed E-state index contributed by atoms with van der Waals surface area (Å²) in [5.41, 5.74) is 4.25. The van der Waals surface area contributed by atoms with Gasteiger partial charge < -0.3 is 9.88 Å². The van der Waals surface area contributed by atoms with Gasteiger partial charge in [-0.15, -0.1) is 0 Å². The van der Waals surface area contributed by atoms with E-state index in [-0.39, 0.29) is 5.91 Å². The molecule has 27 heavy (non-hydrogen) atoms. The van der Waals surface area contributed by atoms with Gasteiger partial charge in [0.1, 0.15) is 0 Å². The standard InChI is InChI=1S/C21H19N5O/c1-26-19-9-5-4-8-18(19)24-21(26)25-20(27)16-6-2-3-7-17(16)23-14-15-10-12-22-13-11-15/h2-13,23H,14H2,1H3,(H,24,25,27). The summed E-state index contributed by atoms with van der Waals surface area (Å²) >= 11 is 0. The number of nitrogens with one attached hydrogen (secondary N) is 2. The van der Waals surface area contributed by atoms with Crippen molar-refractivity contribution in [2.45, 2.75) is 6.54 Å². The van der Waals surface area contributed by atoms with Crippen LogP contribution in [0.25, 0.3) is 11.0 Å². The van der Waals surface area contributed by atoms with Gasteiger partial charge in [-0.1, -0.05) is 24.3 Å². The molecule has 0 aliphatic heterocycles. The number of nitrogens with zero attached hydrogens (tertiary/aromatic N) is 3. The number of hydrogen-bond donors (Lipinski definition) is 2. The average molecular weight is 357 g/mol. The van der Waals surface area contributed by atoms with E-state index in [1.165, 1.54) is 0 Å².